The Morgan fingerprint density at radius 2 is 1.19 bits per heavy atom. The number of unbranched alkanes of at least 4 members (excludes halogenated alkanes) is 7. The van der Waals surface area contributed by atoms with Crippen molar-refractivity contribution < 1.29 is 0 Å². The van der Waals surface area contributed by atoms with E-state index in [0.29, 0.717) is 5.41 Å². The minimum atomic E-state index is 0.239. The van der Waals surface area contributed by atoms with Crippen LogP contribution in [0, 0.1) is 11.3 Å². The molecular formula is C20H43N. The monoisotopic (exact) mass is 297 g/mol. The van der Waals surface area contributed by atoms with Gasteiger partial charge in [0.05, 0.1) is 0 Å². The van der Waals surface area contributed by atoms with Crippen molar-refractivity contribution in [1.29, 1.82) is 0 Å². The molecule has 0 amide bonds. The first-order valence-electron chi connectivity index (χ1n) is 9.42. The molecule has 1 unspecified atom stereocenters. The molecule has 0 saturated carbocycles. The van der Waals surface area contributed by atoms with E-state index >= 15 is 0 Å². The van der Waals surface area contributed by atoms with Crippen molar-refractivity contribution in [3.63, 3.8) is 0 Å². The van der Waals surface area contributed by atoms with E-state index in [1.54, 1.807) is 0 Å². The zero-order chi connectivity index (χ0) is 16.4. The number of nitrogens with one attached hydrogen (secondary N) is 1. The second-order valence-electron chi connectivity index (χ2n) is 8.96. The Morgan fingerprint density at radius 1 is 0.714 bits per heavy atom. The van der Waals surface area contributed by atoms with E-state index in [1.807, 2.05) is 0 Å². The van der Waals surface area contributed by atoms with Gasteiger partial charge >= 0.3 is 0 Å². The molecule has 0 fully saturated rings. The van der Waals surface area contributed by atoms with Gasteiger partial charge in [-0.2, -0.15) is 0 Å². The summed E-state index contributed by atoms with van der Waals surface area (Å²) in [6, 6.07) is 0. The molecule has 0 aromatic carbocycles. The molecule has 0 aromatic rings. The highest BCUT2D eigenvalue weighted by Crippen LogP contribution is 2.30. The van der Waals surface area contributed by atoms with Crippen molar-refractivity contribution in [2.75, 3.05) is 6.54 Å². The molecule has 0 aliphatic rings. The van der Waals surface area contributed by atoms with Gasteiger partial charge in [-0.1, -0.05) is 79.1 Å². The minimum Gasteiger partial charge on any atom is -0.312 e. The fraction of sp³-hybridized carbons (Fsp3) is 1.00. The average Bonchev–Trinajstić information content (AvgIpc) is 2.33. The Hall–Kier alpha value is -0.0400. The first-order valence-corrected chi connectivity index (χ1v) is 9.42. The van der Waals surface area contributed by atoms with Crippen LogP contribution in [0.25, 0.3) is 0 Å². The molecule has 1 nitrogen and oxygen atoms in total. The molecule has 0 spiro atoms. The summed E-state index contributed by atoms with van der Waals surface area (Å²) >= 11 is 0. The van der Waals surface area contributed by atoms with Gasteiger partial charge in [-0.05, 0) is 45.1 Å². The lowest BCUT2D eigenvalue weighted by atomic mass is 9.77. The van der Waals surface area contributed by atoms with Crippen molar-refractivity contribution in [3.8, 4) is 0 Å². The van der Waals surface area contributed by atoms with Gasteiger partial charge in [-0.3, -0.25) is 0 Å². The van der Waals surface area contributed by atoms with E-state index in [9.17, 15) is 0 Å². The SMILES string of the molecule is CCCCCCCCCCC(CNC(C)(C)C)C(C)(C)C. The van der Waals surface area contributed by atoms with Gasteiger partial charge in [0.15, 0.2) is 0 Å². The molecule has 1 atom stereocenters. The molecule has 0 rings (SSSR count). The highest BCUT2D eigenvalue weighted by Gasteiger charge is 2.25. The summed E-state index contributed by atoms with van der Waals surface area (Å²) in [4.78, 5) is 0. The fourth-order valence-corrected chi connectivity index (χ4v) is 2.80. The predicted molar refractivity (Wildman–Crippen MR) is 97.9 cm³/mol. The molecule has 0 saturated heterocycles. The van der Waals surface area contributed by atoms with Gasteiger partial charge in [0.2, 0.25) is 0 Å². The molecular weight excluding hydrogens is 254 g/mol. The summed E-state index contributed by atoms with van der Waals surface area (Å²) < 4.78 is 0. The van der Waals surface area contributed by atoms with Gasteiger partial charge < -0.3 is 5.32 Å². The Kier molecular flexibility index (Phi) is 10.6. The third-order valence-corrected chi connectivity index (χ3v) is 4.51. The zero-order valence-electron chi connectivity index (χ0n) is 16.1. The van der Waals surface area contributed by atoms with Crippen LogP contribution in [0.15, 0.2) is 0 Å². The second kappa shape index (κ2) is 10.6. The quantitative estimate of drug-likeness (QED) is 0.425. The van der Waals surface area contributed by atoms with Crippen molar-refractivity contribution in [1.82, 2.24) is 5.32 Å². The first-order chi connectivity index (χ1) is 9.67. The lowest BCUT2D eigenvalue weighted by molar-refractivity contribution is 0.198. The fourth-order valence-electron chi connectivity index (χ4n) is 2.80. The lowest BCUT2D eigenvalue weighted by Gasteiger charge is -2.34. The average molecular weight is 298 g/mol. The van der Waals surface area contributed by atoms with Crippen LogP contribution in [0.1, 0.15) is 106 Å². The van der Waals surface area contributed by atoms with E-state index in [-0.39, 0.29) is 5.54 Å². The Labute approximate surface area is 135 Å². The molecule has 128 valence electrons. The molecule has 21 heavy (non-hydrogen) atoms. The van der Waals surface area contributed by atoms with E-state index in [4.69, 9.17) is 0 Å². The maximum Gasteiger partial charge on any atom is 0.00966 e. The maximum absolute atomic E-state index is 3.70. The van der Waals surface area contributed by atoms with Crippen LogP contribution in [0.4, 0.5) is 0 Å². The third kappa shape index (κ3) is 13.4. The van der Waals surface area contributed by atoms with E-state index < -0.39 is 0 Å². The molecule has 0 radical (unpaired) electrons. The van der Waals surface area contributed by atoms with Crippen molar-refractivity contribution in [3.05, 3.63) is 0 Å². The van der Waals surface area contributed by atoms with Crippen LogP contribution in [-0.2, 0) is 0 Å². The van der Waals surface area contributed by atoms with E-state index in [2.05, 4.69) is 53.8 Å². The number of hydrogen-bond acceptors (Lipinski definition) is 1. The summed E-state index contributed by atoms with van der Waals surface area (Å²) in [6.45, 7) is 17.4. The second-order valence-corrected chi connectivity index (χ2v) is 8.96. The van der Waals surface area contributed by atoms with Gasteiger partial charge in [-0.25, -0.2) is 0 Å². The topological polar surface area (TPSA) is 12.0 Å². The standard InChI is InChI=1S/C20H43N/c1-8-9-10-11-12-13-14-15-16-18(19(2,3)4)17-21-20(5,6)7/h18,21H,8-17H2,1-7H3. The highest BCUT2D eigenvalue weighted by atomic mass is 14.9. The Balaban J connectivity index is 3.83. The van der Waals surface area contributed by atoms with Crippen LogP contribution in [0.2, 0.25) is 0 Å². The number of rotatable bonds is 11. The Morgan fingerprint density at radius 3 is 1.62 bits per heavy atom. The molecule has 0 heterocycles. The van der Waals surface area contributed by atoms with E-state index in [1.165, 1.54) is 57.8 Å². The molecule has 1 N–H and O–H groups in total. The Bertz CT molecular complexity index is 231. The maximum atomic E-state index is 3.70. The highest BCUT2D eigenvalue weighted by molar-refractivity contribution is 4.80. The smallest absolute Gasteiger partial charge is 0.00966 e. The molecule has 0 bridgehead atoms. The molecule has 0 aliphatic heterocycles. The predicted octanol–water partition coefficient (Wildman–Crippen LogP) is 6.57. The van der Waals surface area contributed by atoms with Crippen LogP contribution < -0.4 is 5.32 Å². The summed E-state index contributed by atoms with van der Waals surface area (Å²) in [5.74, 6) is 0.789. The summed E-state index contributed by atoms with van der Waals surface area (Å²) in [5, 5.41) is 3.70. The van der Waals surface area contributed by atoms with Crippen LogP contribution in [0.5, 0.6) is 0 Å². The first kappa shape index (κ1) is 21.0. The summed E-state index contributed by atoms with van der Waals surface area (Å²) in [6.07, 6.45) is 12.8. The van der Waals surface area contributed by atoms with Gasteiger partial charge in [-0.15, -0.1) is 0 Å². The van der Waals surface area contributed by atoms with Crippen molar-refractivity contribution in [2.24, 2.45) is 11.3 Å². The number of hydrogen-bond donors (Lipinski definition) is 1. The van der Waals surface area contributed by atoms with Crippen molar-refractivity contribution >= 4 is 0 Å². The molecule has 0 aliphatic carbocycles. The molecule has 1 heteroatoms. The van der Waals surface area contributed by atoms with Crippen LogP contribution >= 0.6 is 0 Å². The van der Waals surface area contributed by atoms with Gasteiger partial charge in [0.1, 0.15) is 0 Å². The van der Waals surface area contributed by atoms with Gasteiger partial charge in [0, 0.05) is 5.54 Å². The zero-order valence-corrected chi connectivity index (χ0v) is 16.1. The van der Waals surface area contributed by atoms with Crippen LogP contribution in [-0.4, -0.2) is 12.1 Å². The summed E-state index contributed by atoms with van der Waals surface area (Å²) in [5.41, 5.74) is 0.655. The normalized spacial score (nSPS) is 14.4. The van der Waals surface area contributed by atoms with Gasteiger partial charge in [0.25, 0.3) is 0 Å². The van der Waals surface area contributed by atoms with E-state index in [0.717, 1.165) is 12.5 Å². The minimum absolute atomic E-state index is 0.239. The third-order valence-electron chi connectivity index (χ3n) is 4.51. The summed E-state index contributed by atoms with van der Waals surface area (Å²) in [7, 11) is 0. The van der Waals surface area contributed by atoms with Crippen molar-refractivity contribution in [2.45, 2.75) is 112 Å². The largest absolute Gasteiger partial charge is 0.312 e. The molecule has 0 aromatic heterocycles. The lowest BCUT2D eigenvalue weighted by Crippen LogP contribution is -2.42. The van der Waals surface area contributed by atoms with Crippen LogP contribution in [0.3, 0.4) is 0 Å².